The van der Waals surface area contributed by atoms with Crippen LogP contribution < -0.4 is 10.6 Å². The maximum atomic E-state index is 8.49. The van der Waals surface area contributed by atoms with Crippen LogP contribution in [0.2, 0.25) is 0 Å². The Morgan fingerprint density at radius 2 is 1.31 bits per heavy atom. The predicted octanol–water partition coefficient (Wildman–Crippen LogP) is 1.30. The molecule has 0 saturated heterocycles. The van der Waals surface area contributed by atoms with E-state index in [9.17, 15) is 0 Å². The summed E-state index contributed by atoms with van der Waals surface area (Å²) in [5.41, 5.74) is 0. The van der Waals surface area contributed by atoms with Crippen molar-refractivity contribution < 1.29 is 0 Å². The Labute approximate surface area is 97.6 Å². The molecule has 1 rings (SSSR count). The number of nitrogens with zero attached hydrogens (tertiary/aromatic N) is 2. The SMILES string of the molecule is N#CCCNC1CCCCC1NCCC#N. The van der Waals surface area contributed by atoms with E-state index in [0.29, 0.717) is 24.9 Å². The molecule has 1 saturated carbocycles. The lowest BCUT2D eigenvalue weighted by molar-refractivity contribution is 0.287. The molecule has 1 aliphatic carbocycles. The topological polar surface area (TPSA) is 71.6 Å². The molecule has 4 nitrogen and oxygen atoms in total. The number of nitrogens with one attached hydrogen (secondary N) is 2. The molecule has 0 aliphatic heterocycles. The summed E-state index contributed by atoms with van der Waals surface area (Å²) in [5, 5.41) is 23.8. The Bertz CT molecular complexity index is 235. The van der Waals surface area contributed by atoms with Crippen molar-refractivity contribution in [1.29, 1.82) is 10.5 Å². The maximum Gasteiger partial charge on any atom is 0.0635 e. The van der Waals surface area contributed by atoms with Gasteiger partial charge in [0.1, 0.15) is 0 Å². The van der Waals surface area contributed by atoms with E-state index in [1.807, 2.05) is 0 Å². The monoisotopic (exact) mass is 220 g/mol. The van der Waals surface area contributed by atoms with Gasteiger partial charge in [-0.3, -0.25) is 0 Å². The van der Waals surface area contributed by atoms with E-state index in [0.717, 1.165) is 13.1 Å². The molecule has 0 aromatic heterocycles. The molecular weight excluding hydrogens is 200 g/mol. The molecule has 88 valence electrons. The molecule has 2 atom stereocenters. The first-order valence-corrected chi connectivity index (χ1v) is 6.09. The molecule has 4 heteroatoms. The zero-order valence-corrected chi connectivity index (χ0v) is 9.71. The highest BCUT2D eigenvalue weighted by molar-refractivity contribution is 4.88. The van der Waals surface area contributed by atoms with Gasteiger partial charge < -0.3 is 10.6 Å². The van der Waals surface area contributed by atoms with Crippen LogP contribution in [0.4, 0.5) is 0 Å². The van der Waals surface area contributed by atoms with Crippen LogP contribution in [-0.4, -0.2) is 25.2 Å². The van der Waals surface area contributed by atoms with Crippen LogP contribution in [-0.2, 0) is 0 Å². The van der Waals surface area contributed by atoms with Gasteiger partial charge in [0, 0.05) is 38.0 Å². The van der Waals surface area contributed by atoms with E-state index in [1.54, 1.807) is 0 Å². The summed E-state index contributed by atoms with van der Waals surface area (Å²) in [7, 11) is 0. The van der Waals surface area contributed by atoms with Gasteiger partial charge in [0.25, 0.3) is 0 Å². The Balaban J connectivity index is 2.27. The number of hydrogen-bond acceptors (Lipinski definition) is 4. The summed E-state index contributed by atoms with van der Waals surface area (Å²) in [5.74, 6) is 0. The fraction of sp³-hybridized carbons (Fsp3) is 0.833. The third kappa shape index (κ3) is 4.61. The molecule has 0 amide bonds. The predicted molar refractivity (Wildman–Crippen MR) is 62.5 cm³/mol. The van der Waals surface area contributed by atoms with Crippen molar-refractivity contribution >= 4 is 0 Å². The molecule has 2 unspecified atom stereocenters. The molecule has 0 radical (unpaired) electrons. The molecule has 0 aromatic rings. The zero-order valence-electron chi connectivity index (χ0n) is 9.71. The fourth-order valence-corrected chi connectivity index (χ4v) is 2.25. The summed E-state index contributed by atoms with van der Waals surface area (Å²) in [6.45, 7) is 1.55. The molecule has 0 bridgehead atoms. The van der Waals surface area contributed by atoms with E-state index in [4.69, 9.17) is 10.5 Å². The third-order valence-corrected chi connectivity index (χ3v) is 3.05. The van der Waals surface area contributed by atoms with Crippen molar-refractivity contribution in [2.75, 3.05) is 13.1 Å². The van der Waals surface area contributed by atoms with Crippen LogP contribution in [0.25, 0.3) is 0 Å². The quantitative estimate of drug-likeness (QED) is 0.662. The van der Waals surface area contributed by atoms with Gasteiger partial charge in [0.2, 0.25) is 0 Å². The highest BCUT2D eigenvalue weighted by Gasteiger charge is 2.23. The van der Waals surface area contributed by atoms with Gasteiger partial charge in [-0.05, 0) is 12.8 Å². The summed E-state index contributed by atoms with van der Waals surface area (Å²) in [4.78, 5) is 0. The van der Waals surface area contributed by atoms with Crippen molar-refractivity contribution in [3.8, 4) is 12.1 Å². The average molecular weight is 220 g/mol. The summed E-state index contributed by atoms with van der Waals surface area (Å²) in [6, 6.07) is 5.24. The Morgan fingerprint density at radius 1 is 0.875 bits per heavy atom. The van der Waals surface area contributed by atoms with Gasteiger partial charge in [-0.25, -0.2) is 0 Å². The summed E-state index contributed by atoms with van der Waals surface area (Å²) < 4.78 is 0. The summed E-state index contributed by atoms with van der Waals surface area (Å²) >= 11 is 0. The molecule has 1 fully saturated rings. The third-order valence-electron chi connectivity index (χ3n) is 3.05. The van der Waals surface area contributed by atoms with Crippen LogP contribution in [0.5, 0.6) is 0 Å². The van der Waals surface area contributed by atoms with Crippen molar-refractivity contribution in [3.05, 3.63) is 0 Å². The largest absolute Gasteiger partial charge is 0.311 e. The van der Waals surface area contributed by atoms with Crippen molar-refractivity contribution in [2.45, 2.75) is 50.6 Å². The molecule has 2 N–H and O–H groups in total. The van der Waals surface area contributed by atoms with E-state index < -0.39 is 0 Å². The second-order valence-electron chi connectivity index (χ2n) is 4.22. The van der Waals surface area contributed by atoms with Crippen molar-refractivity contribution in [2.24, 2.45) is 0 Å². The first-order valence-electron chi connectivity index (χ1n) is 6.09. The minimum Gasteiger partial charge on any atom is -0.311 e. The Kier molecular flexibility index (Phi) is 6.56. The van der Waals surface area contributed by atoms with Gasteiger partial charge in [-0.2, -0.15) is 10.5 Å². The van der Waals surface area contributed by atoms with Crippen LogP contribution in [0.3, 0.4) is 0 Å². The molecular formula is C12H20N4. The normalized spacial score (nSPS) is 24.6. The second kappa shape index (κ2) is 8.10. The van der Waals surface area contributed by atoms with Crippen LogP contribution in [0.15, 0.2) is 0 Å². The lowest BCUT2D eigenvalue weighted by Crippen LogP contribution is -2.50. The minimum atomic E-state index is 0.473. The highest BCUT2D eigenvalue weighted by atomic mass is 15.0. The van der Waals surface area contributed by atoms with Gasteiger partial charge in [0.05, 0.1) is 12.1 Å². The number of nitriles is 2. The molecule has 1 aliphatic rings. The zero-order chi connectivity index (χ0) is 11.6. The van der Waals surface area contributed by atoms with E-state index in [-0.39, 0.29) is 0 Å². The van der Waals surface area contributed by atoms with E-state index in [2.05, 4.69) is 22.8 Å². The Morgan fingerprint density at radius 3 is 1.69 bits per heavy atom. The highest BCUT2D eigenvalue weighted by Crippen LogP contribution is 2.18. The van der Waals surface area contributed by atoms with Gasteiger partial charge >= 0.3 is 0 Å². The number of hydrogen-bond donors (Lipinski definition) is 2. The van der Waals surface area contributed by atoms with Crippen LogP contribution >= 0.6 is 0 Å². The molecule has 16 heavy (non-hydrogen) atoms. The number of rotatable bonds is 6. The first kappa shape index (κ1) is 13.0. The van der Waals surface area contributed by atoms with E-state index >= 15 is 0 Å². The van der Waals surface area contributed by atoms with Crippen LogP contribution in [0, 0.1) is 22.7 Å². The standard InChI is InChI=1S/C12H20N4/c13-7-3-9-15-11-5-1-2-6-12(11)16-10-4-8-14/h11-12,15-16H,1-6,9-10H2. The second-order valence-corrected chi connectivity index (χ2v) is 4.22. The van der Waals surface area contributed by atoms with Gasteiger partial charge in [-0.15, -0.1) is 0 Å². The summed E-state index contributed by atoms with van der Waals surface area (Å²) in [6.07, 6.45) is 6.02. The molecule has 0 spiro atoms. The van der Waals surface area contributed by atoms with Gasteiger partial charge in [0.15, 0.2) is 0 Å². The lowest BCUT2D eigenvalue weighted by Gasteiger charge is -2.32. The van der Waals surface area contributed by atoms with Crippen molar-refractivity contribution in [1.82, 2.24) is 10.6 Å². The average Bonchev–Trinajstić information content (AvgIpc) is 2.32. The minimum absolute atomic E-state index is 0.473. The smallest absolute Gasteiger partial charge is 0.0635 e. The lowest BCUT2D eigenvalue weighted by atomic mass is 9.90. The van der Waals surface area contributed by atoms with Gasteiger partial charge in [-0.1, -0.05) is 12.8 Å². The first-order chi connectivity index (χ1) is 7.88. The Hall–Kier alpha value is -1.10. The fourth-order valence-electron chi connectivity index (χ4n) is 2.25. The maximum absolute atomic E-state index is 8.49. The molecule has 0 heterocycles. The van der Waals surface area contributed by atoms with E-state index in [1.165, 1.54) is 25.7 Å². The van der Waals surface area contributed by atoms with Crippen molar-refractivity contribution in [3.63, 3.8) is 0 Å². The molecule has 0 aromatic carbocycles. The van der Waals surface area contributed by atoms with Crippen LogP contribution in [0.1, 0.15) is 38.5 Å².